The molecular formula is C31H32F2N2O. The van der Waals surface area contributed by atoms with Crippen LogP contribution in [0.4, 0.5) is 20.2 Å². The number of hydrogen-bond acceptors (Lipinski definition) is 3. The molecule has 0 saturated heterocycles. The van der Waals surface area contributed by atoms with Crippen LogP contribution < -0.4 is 4.74 Å². The Balaban J connectivity index is 1.43. The second-order valence-corrected chi connectivity index (χ2v) is 9.28. The first-order chi connectivity index (χ1) is 17.6. The quantitative estimate of drug-likeness (QED) is 0.231. The molecule has 0 bridgehead atoms. The number of fused-ring (bicyclic) bond motifs is 1. The van der Waals surface area contributed by atoms with Gasteiger partial charge in [-0.1, -0.05) is 45.0 Å². The van der Waals surface area contributed by atoms with Crippen molar-refractivity contribution in [2.24, 2.45) is 16.1 Å². The second-order valence-electron chi connectivity index (χ2n) is 9.28. The predicted octanol–water partition coefficient (Wildman–Crippen LogP) is 8.86. The van der Waals surface area contributed by atoms with Gasteiger partial charge in [-0.25, -0.2) is 8.78 Å². The van der Waals surface area contributed by atoms with Gasteiger partial charge in [-0.3, -0.25) is 0 Å². The van der Waals surface area contributed by atoms with Crippen molar-refractivity contribution in [3.8, 4) is 17.6 Å². The second kappa shape index (κ2) is 12.4. The van der Waals surface area contributed by atoms with Crippen LogP contribution in [0.1, 0.15) is 68.2 Å². The van der Waals surface area contributed by atoms with Crippen LogP contribution in [0.25, 0.3) is 0 Å². The molecule has 0 fully saturated rings. The molecule has 0 amide bonds. The number of halogens is 2. The minimum atomic E-state index is -0.577. The van der Waals surface area contributed by atoms with E-state index in [1.807, 2.05) is 24.3 Å². The molecule has 0 heterocycles. The fraction of sp³-hybridized carbons (Fsp3) is 0.355. The summed E-state index contributed by atoms with van der Waals surface area (Å²) >= 11 is 0. The summed E-state index contributed by atoms with van der Waals surface area (Å²) in [6, 6.07) is 16.0. The Morgan fingerprint density at radius 3 is 2.28 bits per heavy atom. The van der Waals surface area contributed by atoms with E-state index in [1.54, 1.807) is 24.3 Å². The first-order valence-electron chi connectivity index (χ1n) is 12.8. The van der Waals surface area contributed by atoms with Crippen molar-refractivity contribution >= 4 is 11.4 Å². The summed E-state index contributed by atoms with van der Waals surface area (Å²) < 4.78 is 35.5. The molecule has 0 aliphatic heterocycles. The zero-order valence-electron chi connectivity index (χ0n) is 21.0. The zero-order chi connectivity index (χ0) is 25.3. The van der Waals surface area contributed by atoms with Crippen molar-refractivity contribution < 1.29 is 13.5 Å². The molecule has 0 N–H and O–H groups in total. The minimum Gasteiger partial charge on any atom is -0.494 e. The first-order valence-corrected chi connectivity index (χ1v) is 12.8. The summed E-state index contributed by atoms with van der Waals surface area (Å²) in [6.45, 7) is 4.91. The van der Waals surface area contributed by atoms with Gasteiger partial charge < -0.3 is 4.74 Å². The Labute approximate surface area is 212 Å². The van der Waals surface area contributed by atoms with Crippen molar-refractivity contribution in [2.45, 2.75) is 58.8 Å². The monoisotopic (exact) mass is 486 g/mol. The standard InChI is InChI=1S/C31H32F2N2O/c1-3-5-6-23-10-17-28-24(20-23)21-30(32)29(31(28)33)18-9-22-7-11-25(12-8-22)34-35-26-13-15-27(16-14-26)36-19-4-2/h7-8,11-16,21,23H,3-6,10,17,19-20H2,1-2H3. The van der Waals surface area contributed by atoms with Crippen LogP contribution in [0.2, 0.25) is 0 Å². The van der Waals surface area contributed by atoms with Crippen molar-refractivity contribution in [3.05, 3.63) is 88.5 Å². The van der Waals surface area contributed by atoms with Crippen LogP contribution in [0.5, 0.6) is 5.75 Å². The van der Waals surface area contributed by atoms with Crippen LogP contribution in [-0.2, 0) is 12.8 Å². The van der Waals surface area contributed by atoms with Gasteiger partial charge in [0.05, 0.1) is 23.5 Å². The molecule has 1 atom stereocenters. The molecule has 3 nitrogen and oxygen atoms in total. The van der Waals surface area contributed by atoms with E-state index in [-0.39, 0.29) is 5.56 Å². The Morgan fingerprint density at radius 1 is 0.917 bits per heavy atom. The van der Waals surface area contributed by atoms with Gasteiger partial charge >= 0.3 is 0 Å². The van der Waals surface area contributed by atoms with Crippen LogP contribution in [0.15, 0.2) is 64.8 Å². The normalized spacial score (nSPS) is 14.8. The van der Waals surface area contributed by atoms with Gasteiger partial charge in [-0.15, -0.1) is 0 Å². The third-order valence-corrected chi connectivity index (χ3v) is 6.48. The van der Waals surface area contributed by atoms with E-state index in [0.717, 1.165) is 55.5 Å². The highest BCUT2D eigenvalue weighted by Crippen LogP contribution is 2.32. The third-order valence-electron chi connectivity index (χ3n) is 6.48. The number of ether oxygens (including phenoxy) is 1. The van der Waals surface area contributed by atoms with E-state index in [2.05, 4.69) is 35.9 Å². The summed E-state index contributed by atoms with van der Waals surface area (Å²) in [7, 11) is 0. The Morgan fingerprint density at radius 2 is 1.61 bits per heavy atom. The van der Waals surface area contributed by atoms with Gasteiger partial charge in [0.2, 0.25) is 0 Å². The maximum atomic E-state index is 15.1. The van der Waals surface area contributed by atoms with Gasteiger partial charge in [0.1, 0.15) is 17.4 Å². The molecule has 3 aromatic rings. The Hall–Kier alpha value is -3.52. The number of azo groups is 1. The summed E-state index contributed by atoms with van der Waals surface area (Å²) in [4.78, 5) is 0. The van der Waals surface area contributed by atoms with Crippen LogP contribution >= 0.6 is 0 Å². The van der Waals surface area contributed by atoms with Crippen LogP contribution in [0, 0.1) is 29.4 Å². The van der Waals surface area contributed by atoms with E-state index in [0.29, 0.717) is 35.8 Å². The summed E-state index contributed by atoms with van der Waals surface area (Å²) in [5.41, 5.74) is 3.33. The Bertz CT molecular complexity index is 1250. The highest BCUT2D eigenvalue weighted by Gasteiger charge is 2.24. The SMILES string of the molecule is CCCCC1CCc2c(cc(F)c(C#Cc3ccc(N=Nc4ccc(OCCC)cc4)cc3)c2F)C1. The maximum absolute atomic E-state index is 15.1. The largest absolute Gasteiger partial charge is 0.494 e. The van der Waals surface area contributed by atoms with Gasteiger partial charge in [0.25, 0.3) is 0 Å². The molecule has 36 heavy (non-hydrogen) atoms. The summed E-state index contributed by atoms with van der Waals surface area (Å²) in [5, 5.41) is 8.49. The molecule has 5 heteroatoms. The van der Waals surface area contributed by atoms with Gasteiger partial charge in [0, 0.05) is 5.56 Å². The average Bonchev–Trinajstić information content (AvgIpc) is 2.90. The van der Waals surface area contributed by atoms with Crippen molar-refractivity contribution in [1.29, 1.82) is 0 Å². The van der Waals surface area contributed by atoms with E-state index in [1.165, 1.54) is 6.07 Å². The number of rotatable bonds is 8. The summed E-state index contributed by atoms with van der Waals surface area (Å²) in [5.74, 6) is 5.87. The number of hydrogen-bond donors (Lipinski definition) is 0. The highest BCUT2D eigenvalue weighted by molar-refractivity contribution is 5.51. The molecule has 1 unspecified atom stereocenters. The van der Waals surface area contributed by atoms with Gasteiger partial charge in [-0.05, 0) is 97.3 Å². The lowest BCUT2D eigenvalue weighted by Gasteiger charge is -2.25. The molecule has 1 aliphatic rings. The maximum Gasteiger partial charge on any atom is 0.145 e. The molecule has 0 radical (unpaired) electrons. The fourth-order valence-electron chi connectivity index (χ4n) is 4.47. The van der Waals surface area contributed by atoms with Gasteiger partial charge in [-0.2, -0.15) is 10.2 Å². The molecule has 1 aliphatic carbocycles. The lowest BCUT2D eigenvalue weighted by molar-refractivity contribution is 0.317. The summed E-state index contributed by atoms with van der Waals surface area (Å²) in [6.07, 6.45) is 6.75. The van der Waals surface area contributed by atoms with E-state index in [9.17, 15) is 4.39 Å². The van der Waals surface area contributed by atoms with Crippen LogP contribution in [-0.4, -0.2) is 6.61 Å². The zero-order valence-corrected chi connectivity index (χ0v) is 21.0. The lowest BCUT2D eigenvalue weighted by Crippen LogP contribution is -2.17. The molecule has 186 valence electrons. The number of benzene rings is 3. The van der Waals surface area contributed by atoms with Crippen molar-refractivity contribution in [3.63, 3.8) is 0 Å². The van der Waals surface area contributed by atoms with Crippen molar-refractivity contribution in [2.75, 3.05) is 6.61 Å². The predicted molar refractivity (Wildman–Crippen MR) is 140 cm³/mol. The van der Waals surface area contributed by atoms with E-state index < -0.39 is 11.6 Å². The Kier molecular flexibility index (Phi) is 8.84. The molecule has 0 spiro atoms. The molecule has 3 aromatic carbocycles. The topological polar surface area (TPSA) is 34.0 Å². The van der Waals surface area contributed by atoms with Gasteiger partial charge in [0.15, 0.2) is 0 Å². The third kappa shape index (κ3) is 6.57. The number of nitrogens with zero attached hydrogens (tertiary/aromatic N) is 2. The first kappa shape index (κ1) is 25.6. The smallest absolute Gasteiger partial charge is 0.145 e. The highest BCUT2D eigenvalue weighted by atomic mass is 19.1. The average molecular weight is 487 g/mol. The van der Waals surface area contributed by atoms with E-state index >= 15 is 4.39 Å². The fourth-order valence-corrected chi connectivity index (χ4v) is 4.47. The molecule has 4 rings (SSSR count). The number of unbranched alkanes of at least 4 members (excludes halogenated alkanes) is 1. The van der Waals surface area contributed by atoms with Crippen LogP contribution in [0.3, 0.4) is 0 Å². The molecular weight excluding hydrogens is 454 g/mol. The van der Waals surface area contributed by atoms with Crippen molar-refractivity contribution in [1.82, 2.24) is 0 Å². The van der Waals surface area contributed by atoms with E-state index in [4.69, 9.17) is 4.74 Å². The lowest BCUT2D eigenvalue weighted by atomic mass is 9.80. The minimum absolute atomic E-state index is 0.143. The molecule has 0 aromatic heterocycles. The molecule has 0 saturated carbocycles.